The molecule has 0 aromatic rings. The van der Waals surface area contributed by atoms with Crippen molar-refractivity contribution in [3.8, 4) is 0 Å². The van der Waals surface area contributed by atoms with Crippen molar-refractivity contribution in [3.05, 3.63) is 0 Å². The van der Waals surface area contributed by atoms with E-state index in [-0.39, 0.29) is 12.1 Å². The lowest BCUT2D eigenvalue weighted by molar-refractivity contribution is 0.0486. The topological polar surface area (TPSA) is 59.6 Å². The Hall–Kier alpha value is -0.810. The third kappa shape index (κ3) is 8.56. The van der Waals surface area contributed by atoms with Crippen LogP contribution in [0.1, 0.15) is 67.2 Å². The van der Waals surface area contributed by atoms with Gasteiger partial charge in [-0.2, -0.15) is 0 Å². The number of rotatable bonds is 7. The highest BCUT2D eigenvalue weighted by molar-refractivity contribution is 5.68. The number of carbonyl (C=O) groups is 1. The molecule has 2 N–H and O–H groups in total. The molecule has 5 heteroatoms. The Morgan fingerprint density at radius 1 is 1.13 bits per heavy atom. The summed E-state index contributed by atoms with van der Waals surface area (Å²) in [5.74, 6) is 0.555. The molecule has 0 aliphatic heterocycles. The van der Waals surface area contributed by atoms with Crippen LogP contribution in [0.25, 0.3) is 0 Å². The predicted octanol–water partition coefficient (Wildman–Crippen LogP) is 3.47. The molecule has 1 aliphatic carbocycles. The van der Waals surface area contributed by atoms with Crippen molar-refractivity contribution in [2.24, 2.45) is 5.92 Å². The fourth-order valence-corrected chi connectivity index (χ4v) is 2.86. The van der Waals surface area contributed by atoms with E-state index in [1.807, 2.05) is 27.7 Å². The Labute approximate surface area is 141 Å². The van der Waals surface area contributed by atoms with Crippen LogP contribution in [0.4, 0.5) is 4.79 Å². The summed E-state index contributed by atoms with van der Waals surface area (Å²) in [4.78, 5) is 11.8. The summed E-state index contributed by atoms with van der Waals surface area (Å²) in [5, 5.41) is 6.73. The molecule has 0 aromatic carbocycles. The van der Waals surface area contributed by atoms with Crippen molar-refractivity contribution in [3.63, 3.8) is 0 Å². The molecule has 23 heavy (non-hydrogen) atoms. The summed E-state index contributed by atoms with van der Waals surface area (Å²) in [6.45, 7) is 13.7. The minimum atomic E-state index is -0.438. The Bertz CT molecular complexity index is 345. The van der Waals surface area contributed by atoms with E-state index in [0.717, 1.165) is 38.9 Å². The Kier molecular flexibility index (Phi) is 8.34. The van der Waals surface area contributed by atoms with Crippen molar-refractivity contribution in [1.82, 2.24) is 10.6 Å². The highest BCUT2D eigenvalue weighted by atomic mass is 16.6. The van der Waals surface area contributed by atoms with Crippen molar-refractivity contribution in [1.29, 1.82) is 0 Å². The number of hydrogen-bond donors (Lipinski definition) is 2. The highest BCUT2D eigenvalue weighted by Crippen LogP contribution is 2.20. The molecule has 0 heterocycles. The maximum absolute atomic E-state index is 11.8. The average molecular weight is 328 g/mol. The van der Waals surface area contributed by atoms with Gasteiger partial charge in [0.1, 0.15) is 5.60 Å². The lowest BCUT2D eigenvalue weighted by atomic mass is 9.90. The van der Waals surface area contributed by atoms with Crippen molar-refractivity contribution >= 4 is 6.09 Å². The Balaban J connectivity index is 2.33. The standard InChI is InChI=1S/C18H36N2O3/c1-7-22-12-16(13(2)3)19-14-8-10-15(11-9-14)20-17(21)23-18(4,5)6/h13-16,19H,7-12H2,1-6H3,(H,20,21). The minimum Gasteiger partial charge on any atom is -0.444 e. The van der Waals surface area contributed by atoms with E-state index in [4.69, 9.17) is 9.47 Å². The van der Waals surface area contributed by atoms with Crippen LogP contribution < -0.4 is 10.6 Å². The fourth-order valence-electron chi connectivity index (χ4n) is 2.86. The summed E-state index contributed by atoms with van der Waals surface area (Å²) in [7, 11) is 0. The van der Waals surface area contributed by atoms with Gasteiger partial charge in [0, 0.05) is 24.7 Å². The molecule has 1 rings (SSSR count). The first-order valence-electron chi connectivity index (χ1n) is 9.04. The van der Waals surface area contributed by atoms with Gasteiger partial charge in [-0.25, -0.2) is 4.79 Å². The molecular formula is C18H36N2O3. The maximum atomic E-state index is 11.8. The summed E-state index contributed by atoms with van der Waals surface area (Å²) >= 11 is 0. The number of amides is 1. The third-order valence-corrected chi connectivity index (χ3v) is 4.20. The maximum Gasteiger partial charge on any atom is 0.407 e. The van der Waals surface area contributed by atoms with Gasteiger partial charge in [0.25, 0.3) is 0 Å². The van der Waals surface area contributed by atoms with Crippen LogP contribution in [0.2, 0.25) is 0 Å². The number of hydrogen-bond acceptors (Lipinski definition) is 4. The second-order valence-electron chi connectivity index (χ2n) is 7.87. The molecule has 136 valence electrons. The molecule has 1 amide bonds. The Morgan fingerprint density at radius 3 is 2.17 bits per heavy atom. The van der Waals surface area contributed by atoms with E-state index in [1.54, 1.807) is 0 Å². The molecule has 0 spiro atoms. The van der Waals surface area contributed by atoms with Gasteiger partial charge in [0.2, 0.25) is 0 Å². The molecule has 1 unspecified atom stereocenters. The second-order valence-corrected chi connectivity index (χ2v) is 7.87. The lowest BCUT2D eigenvalue weighted by Gasteiger charge is -2.34. The van der Waals surface area contributed by atoms with Gasteiger partial charge in [-0.05, 0) is 59.3 Å². The zero-order valence-corrected chi connectivity index (χ0v) is 15.8. The molecule has 0 bridgehead atoms. The first kappa shape index (κ1) is 20.2. The largest absolute Gasteiger partial charge is 0.444 e. The molecule has 1 atom stereocenters. The van der Waals surface area contributed by atoms with Crippen LogP contribution in [-0.4, -0.2) is 43.0 Å². The summed E-state index contributed by atoms with van der Waals surface area (Å²) in [6.07, 6.45) is 3.85. The van der Waals surface area contributed by atoms with Gasteiger partial charge < -0.3 is 20.1 Å². The van der Waals surface area contributed by atoms with Gasteiger partial charge in [0.15, 0.2) is 0 Å². The van der Waals surface area contributed by atoms with E-state index in [1.165, 1.54) is 0 Å². The summed E-state index contributed by atoms with van der Waals surface area (Å²) in [5.41, 5.74) is -0.438. The van der Waals surface area contributed by atoms with Gasteiger partial charge in [0.05, 0.1) is 6.61 Å². The zero-order valence-electron chi connectivity index (χ0n) is 15.8. The van der Waals surface area contributed by atoms with Crippen LogP contribution in [0, 0.1) is 5.92 Å². The van der Waals surface area contributed by atoms with Crippen LogP contribution in [0.15, 0.2) is 0 Å². The smallest absolute Gasteiger partial charge is 0.407 e. The van der Waals surface area contributed by atoms with Crippen molar-refractivity contribution in [2.75, 3.05) is 13.2 Å². The van der Waals surface area contributed by atoms with E-state index in [9.17, 15) is 4.79 Å². The van der Waals surface area contributed by atoms with Crippen LogP contribution >= 0.6 is 0 Å². The summed E-state index contributed by atoms with van der Waals surface area (Å²) in [6, 6.07) is 1.14. The lowest BCUT2D eigenvalue weighted by Crippen LogP contribution is -2.48. The first-order valence-corrected chi connectivity index (χ1v) is 9.04. The number of nitrogens with one attached hydrogen (secondary N) is 2. The van der Waals surface area contributed by atoms with Gasteiger partial charge in [-0.1, -0.05) is 13.8 Å². The fraction of sp³-hybridized carbons (Fsp3) is 0.944. The van der Waals surface area contributed by atoms with Gasteiger partial charge in [-0.15, -0.1) is 0 Å². The van der Waals surface area contributed by atoms with Crippen LogP contribution in [0.3, 0.4) is 0 Å². The minimum absolute atomic E-state index is 0.229. The van der Waals surface area contributed by atoms with E-state index >= 15 is 0 Å². The first-order chi connectivity index (χ1) is 10.7. The van der Waals surface area contributed by atoms with E-state index < -0.39 is 5.60 Å². The predicted molar refractivity (Wildman–Crippen MR) is 93.7 cm³/mol. The molecule has 0 saturated heterocycles. The third-order valence-electron chi connectivity index (χ3n) is 4.20. The molecule has 1 saturated carbocycles. The van der Waals surface area contributed by atoms with Crippen molar-refractivity contribution in [2.45, 2.75) is 91.0 Å². The molecule has 0 aromatic heterocycles. The molecule has 1 fully saturated rings. The summed E-state index contributed by atoms with van der Waals surface area (Å²) < 4.78 is 10.9. The van der Waals surface area contributed by atoms with Crippen LogP contribution in [-0.2, 0) is 9.47 Å². The molecule has 1 aliphatic rings. The molecule has 0 radical (unpaired) electrons. The van der Waals surface area contributed by atoms with E-state index in [0.29, 0.717) is 18.0 Å². The van der Waals surface area contributed by atoms with Crippen LogP contribution in [0.5, 0.6) is 0 Å². The number of ether oxygens (including phenoxy) is 2. The average Bonchev–Trinajstić information content (AvgIpc) is 2.42. The van der Waals surface area contributed by atoms with Crippen molar-refractivity contribution < 1.29 is 14.3 Å². The molecular weight excluding hydrogens is 292 g/mol. The number of carbonyl (C=O) groups excluding carboxylic acids is 1. The van der Waals surface area contributed by atoms with Gasteiger partial charge in [-0.3, -0.25) is 0 Å². The normalized spacial score (nSPS) is 23.6. The monoisotopic (exact) mass is 328 g/mol. The highest BCUT2D eigenvalue weighted by Gasteiger charge is 2.26. The SMILES string of the molecule is CCOCC(NC1CCC(NC(=O)OC(C)(C)C)CC1)C(C)C. The quantitative estimate of drug-likeness (QED) is 0.751. The van der Waals surface area contributed by atoms with E-state index in [2.05, 4.69) is 24.5 Å². The number of alkyl carbamates (subject to hydrolysis) is 1. The Morgan fingerprint density at radius 2 is 1.70 bits per heavy atom. The van der Waals surface area contributed by atoms with Gasteiger partial charge >= 0.3 is 6.09 Å². The molecule has 5 nitrogen and oxygen atoms in total. The zero-order chi connectivity index (χ0) is 17.5. The second kappa shape index (κ2) is 9.48.